The van der Waals surface area contributed by atoms with Crippen LogP contribution in [0.2, 0.25) is 0 Å². The molecule has 5 aliphatic rings. The highest BCUT2D eigenvalue weighted by molar-refractivity contribution is 5.81. The van der Waals surface area contributed by atoms with Gasteiger partial charge in [0.2, 0.25) is 5.91 Å². The number of hydrogen-bond acceptors (Lipinski definition) is 5. The van der Waals surface area contributed by atoms with Crippen molar-refractivity contribution < 1.29 is 9.53 Å². The van der Waals surface area contributed by atoms with Gasteiger partial charge in [0.05, 0.1) is 30.4 Å². The Balaban J connectivity index is 1.31. The van der Waals surface area contributed by atoms with Crippen LogP contribution < -0.4 is 5.73 Å². The minimum Gasteiger partial charge on any atom is -0.379 e. The number of primary amides is 1. The Hall–Kier alpha value is -1.47. The van der Waals surface area contributed by atoms with Crippen molar-refractivity contribution in [1.82, 2.24) is 19.9 Å². The van der Waals surface area contributed by atoms with E-state index in [1.54, 1.807) is 0 Å². The largest absolute Gasteiger partial charge is 0.379 e. The van der Waals surface area contributed by atoms with Crippen LogP contribution in [0.3, 0.4) is 0 Å². The summed E-state index contributed by atoms with van der Waals surface area (Å²) in [5.74, 6) is 1.93. The third kappa shape index (κ3) is 3.29. The van der Waals surface area contributed by atoms with Crippen molar-refractivity contribution in [2.24, 2.45) is 23.5 Å². The molecular weight excluding hydrogens is 342 g/mol. The van der Waals surface area contributed by atoms with Crippen LogP contribution in [0.4, 0.5) is 0 Å². The van der Waals surface area contributed by atoms with Crippen LogP contribution in [0, 0.1) is 17.8 Å². The van der Waals surface area contributed by atoms with Gasteiger partial charge < -0.3 is 10.5 Å². The lowest BCUT2D eigenvalue weighted by Crippen LogP contribution is -2.52. The second-order valence-corrected chi connectivity index (χ2v) is 9.43. The van der Waals surface area contributed by atoms with E-state index in [1.165, 1.54) is 38.5 Å². The summed E-state index contributed by atoms with van der Waals surface area (Å²) in [6, 6.07) is 0. The fourth-order valence-corrected chi connectivity index (χ4v) is 6.59. The summed E-state index contributed by atoms with van der Waals surface area (Å²) in [4.78, 5) is 14.5. The highest BCUT2D eigenvalue weighted by Crippen LogP contribution is 2.58. The van der Waals surface area contributed by atoms with E-state index in [2.05, 4.69) is 19.9 Å². The van der Waals surface area contributed by atoms with Gasteiger partial charge in [-0.3, -0.25) is 9.69 Å². The smallest absolute Gasteiger partial charge is 0.226 e. The van der Waals surface area contributed by atoms with E-state index in [0.29, 0.717) is 6.42 Å². The van der Waals surface area contributed by atoms with Crippen LogP contribution in [0.15, 0.2) is 6.20 Å². The van der Waals surface area contributed by atoms with E-state index in [0.717, 1.165) is 56.3 Å². The van der Waals surface area contributed by atoms with E-state index < -0.39 is 0 Å². The van der Waals surface area contributed by atoms with Crippen molar-refractivity contribution in [2.45, 2.75) is 56.4 Å². The molecule has 0 aromatic carbocycles. The first-order chi connectivity index (χ1) is 13.1. The number of carbonyl (C=O) groups is 1. The second-order valence-electron chi connectivity index (χ2n) is 9.43. The summed E-state index contributed by atoms with van der Waals surface area (Å²) in [5, 5.41) is 8.96. The SMILES string of the molecule is NC(=O)C(CCN1CCOCC1)c1cn(C23CC4CC(CC(C4)C2)C3)nn1. The van der Waals surface area contributed by atoms with Gasteiger partial charge in [-0.05, 0) is 69.2 Å². The van der Waals surface area contributed by atoms with Gasteiger partial charge in [-0.15, -0.1) is 5.10 Å². The van der Waals surface area contributed by atoms with Crippen LogP contribution in [0.25, 0.3) is 0 Å². The Labute approximate surface area is 160 Å². The molecule has 4 aliphatic carbocycles. The van der Waals surface area contributed by atoms with Gasteiger partial charge in [0.15, 0.2) is 0 Å². The van der Waals surface area contributed by atoms with E-state index in [9.17, 15) is 4.79 Å². The van der Waals surface area contributed by atoms with Gasteiger partial charge in [-0.25, -0.2) is 4.68 Å². The topological polar surface area (TPSA) is 86.3 Å². The second kappa shape index (κ2) is 6.85. The Kier molecular flexibility index (Phi) is 4.47. The molecule has 1 saturated heterocycles. The number of nitrogens with zero attached hydrogens (tertiary/aromatic N) is 4. The molecule has 2 heterocycles. The van der Waals surface area contributed by atoms with Crippen molar-refractivity contribution in [3.05, 3.63) is 11.9 Å². The third-order valence-electron chi connectivity index (χ3n) is 7.54. The Morgan fingerprint density at radius 3 is 2.41 bits per heavy atom. The quantitative estimate of drug-likeness (QED) is 0.816. The van der Waals surface area contributed by atoms with Gasteiger partial charge in [0.25, 0.3) is 0 Å². The lowest BCUT2D eigenvalue weighted by molar-refractivity contribution is -0.119. The molecule has 2 N–H and O–H groups in total. The molecule has 27 heavy (non-hydrogen) atoms. The van der Waals surface area contributed by atoms with Gasteiger partial charge >= 0.3 is 0 Å². The highest BCUT2D eigenvalue weighted by atomic mass is 16.5. The minimum absolute atomic E-state index is 0.145. The standard InChI is InChI=1S/C20H31N5O2/c21-19(26)17(1-2-24-3-5-27-6-4-24)18-13-25(23-22-18)20-10-14-7-15(11-20)9-16(8-14)12-20/h13-17H,1-12H2,(H2,21,26). The lowest BCUT2D eigenvalue weighted by Gasteiger charge is -2.56. The molecule has 0 spiro atoms. The number of ether oxygens (including phenoxy) is 1. The number of nitrogens with two attached hydrogens (primary N) is 1. The number of aromatic nitrogens is 3. The molecule has 5 fully saturated rings. The number of morpholine rings is 1. The van der Waals surface area contributed by atoms with Gasteiger partial charge in [0, 0.05) is 19.3 Å². The van der Waals surface area contributed by atoms with Crippen molar-refractivity contribution in [1.29, 1.82) is 0 Å². The molecule has 1 aliphatic heterocycles. The minimum atomic E-state index is -0.351. The zero-order valence-electron chi connectivity index (χ0n) is 16.1. The van der Waals surface area contributed by atoms with E-state index in [4.69, 9.17) is 10.5 Å². The molecule has 1 amide bonds. The maximum Gasteiger partial charge on any atom is 0.226 e. The lowest BCUT2D eigenvalue weighted by atomic mass is 9.53. The van der Waals surface area contributed by atoms with Gasteiger partial charge in [-0.2, -0.15) is 0 Å². The summed E-state index contributed by atoms with van der Waals surface area (Å²) in [6.45, 7) is 4.23. The molecule has 6 rings (SSSR count). The molecule has 148 valence electrons. The van der Waals surface area contributed by atoms with Gasteiger partial charge in [0.1, 0.15) is 0 Å². The normalized spacial score (nSPS) is 36.8. The molecule has 7 nitrogen and oxygen atoms in total. The average Bonchev–Trinajstić information content (AvgIpc) is 3.12. The zero-order chi connectivity index (χ0) is 18.4. The van der Waals surface area contributed by atoms with E-state index in [1.807, 2.05) is 6.20 Å². The first kappa shape index (κ1) is 17.6. The molecule has 1 aromatic heterocycles. The Morgan fingerprint density at radius 1 is 1.19 bits per heavy atom. The molecule has 7 heteroatoms. The number of hydrogen-bond donors (Lipinski definition) is 1. The van der Waals surface area contributed by atoms with Crippen molar-refractivity contribution in [3.63, 3.8) is 0 Å². The van der Waals surface area contributed by atoms with Crippen LogP contribution in [0.1, 0.15) is 56.6 Å². The maximum atomic E-state index is 12.1. The molecule has 1 aromatic rings. The fraction of sp³-hybridized carbons (Fsp3) is 0.850. The van der Waals surface area contributed by atoms with Gasteiger partial charge in [-0.1, -0.05) is 5.21 Å². The summed E-state index contributed by atoms with van der Waals surface area (Å²) in [5.41, 5.74) is 6.64. The monoisotopic (exact) mass is 373 g/mol. The highest BCUT2D eigenvalue weighted by Gasteiger charge is 2.52. The first-order valence-electron chi connectivity index (χ1n) is 10.6. The Morgan fingerprint density at radius 2 is 1.81 bits per heavy atom. The van der Waals surface area contributed by atoms with Crippen molar-refractivity contribution in [2.75, 3.05) is 32.8 Å². The van der Waals surface area contributed by atoms with E-state index in [-0.39, 0.29) is 17.4 Å². The van der Waals surface area contributed by atoms with Crippen LogP contribution in [0.5, 0.6) is 0 Å². The summed E-state index contributed by atoms with van der Waals surface area (Å²) >= 11 is 0. The molecular formula is C20H31N5O2. The molecule has 0 radical (unpaired) electrons. The Bertz CT molecular complexity index is 661. The average molecular weight is 374 g/mol. The van der Waals surface area contributed by atoms with Crippen LogP contribution in [-0.4, -0.2) is 58.6 Å². The van der Waals surface area contributed by atoms with Crippen molar-refractivity contribution >= 4 is 5.91 Å². The molecule has 1 atom stereocenters. The number of rotatable bonds is 6. The first-order valence-corrected chi connectivity index (χ1v) is 10.6. The number of amides is 1. The molecule has 4 saturated carbocycles. The maximum absolute atomic E-state index is 12.1. The molecule has 1 unspecified atom stereocenters. The number of carbonyl (C=O) groups excluding carboxylic acids is 1. The van der Waals surface area contributed by atoms with Crippen molar-refractivity contribution in [3.8, 4) is 0 Å². The summed E-state index contributed by atoms with van der Waals surface area (Å²) < 4.78 is 7.52. The third-order valence-corrected chi connectivity index (χ3v) is 7.54. The predicted octanol–water partition coefficient (Wildman–Crippen LogP) is 1.49. The summed E-state index contributed by atoms with van der Waals surface area (Å²) in [7, 11) is 0. The zero-order valence-corrected chi connectivity index (χ0v) is 16.1. The fourth-order valence-electron chi connectivity index (χ4n) is 6.59. The van der Waals surface area contributed by atoms with Crippen LogP contribution >= 0.6 is 0 Å². The molecule has 4 bridgehead atoms. The van der Waals surface area contributed by atoms with E-state index >= 15 is 0 Å². The predicted molar refractivity (Wildman–Crippen MR) is 100.0 cm³/mol. The van der Waals surface area contributed by atoms with Crippen LogP contribution in [-0.2, 0) is 15.1 Å². The summed E-state index contributed by atoms with van der Waals surface area (Å²) in [6.07, 6.45) is 10.7.